The number of carboxylic acids is 1. The quantitative estimate of drug-likeness (QED) is 0.223. The lowest BCUT2D eigenvalue weighted by Crippen LogP contribution is -2.50. The van der Waals surface area contributed by atoms with E-state index in [1.165, 1.54) is 36.2 Å². The lowest BCUT2D eigenvalue weighted by Gasteiger charge is -2.44. The number of carbonyl (C=O) groups excluding carboxylic acids is 2. The van der Waals surface area contributed by atoms with Gasteiger partial charge in [0.15, 0.2) is 0 Å². The van der Waals surface area contributed by atoms with Crippen molar-refractivity contribution in [2.75, 3.05) is 53.1 Å². The normalized spacial score (nSPS) is 21.2. The summed E-state index contributed by atoms with van der Waals surface area (Å²) in [6, 6.07) is 14.2. The predicted molar refractivity (Wildman–Crippen MR) is 183 cm³/mol. The minimum absolute atomic E-state index is 0.0371. The molecule has 3 aromatic rings. The molecule has 0 saturated carbocycles. The van der Waals surface area contributed by atoms with Crippen molar-refractivity contribution in [3.63, 3.8) is 0 Å². The van der Waals surface area contributed by atoms with Crippen molar-refractivity contribution >= 4 is 17.8 Å². The summed E-state index contributed by atoms with van der Waals surface area (Å²) < 4.78 is 108. The number of aliphatic carboxylic acids is 1. The third kappa shape index (κ3) is 8.65. The van der Waals surface area contributed by atoms with Gasteiger partial charge < -0.3 is 29.3 Å². The van der Waals surface area contributed by atoms with Crippen molar-refractivity contribution < 1.29 is 59.7 Å². The van der Waals surface area contributed by atoms with Crippen molar-refractivity contribution in [1.82, 2.24) is 14.7 Å². The molecule has 3 aromatic carbocycles. The molecule has 0 unspecified atom stereocenters. The van der Waals surface area contributed by atoms with E-state index in [4.69, 9.17) is 14.6 Å². The molecule has 2 saturated heterocycles. The van der Waals surface area contributed by atoms with E-state index in [-0.39, 0.29) is 50.6 Å². The monoisotopic (exact) mass is 779 g/mol. The Morgan fingerprint density at radius 3 is 2.20 bits per heavy atom. The van der Waals surface area contributed by atoms with Crippen LogP contribution in [0.4, 0.5) is 30.7 Å². The van der Waals surface area contributed by atoms with Crippen molar-refractivity contribution in [3.05, 3.63) is 106 Å². The highest BCUT2D eigenvalue weighted by Gasteiger charge is 2.50. The van der Waals surface area contributed by atoms with E-state index in [0.717, 1.165) is 16.0 Å². The van der Waals surface area contributed by atoms with Crippen LogP contribution < -0.4 is 0 Å². The van der Waals surface area contributed by atoms with Gasteiger partial charge in [-0.05, 0) is 85.8 Å². The fourth-order valence-electron chi connectivity index (χ4n) is 7.96. The van der Waals surface area contributed by atoms with Gasteiger partial charge in [0.1, 0.15) is 24.8 Å². The summed E-state index contributed by atoms with van der Waals surface area (Å²) in [6.07, 6.45) is -8.55. The van der Waals surface area contributed by atoms with Gasteiger partial charge in [-0.15, -0.1) is 0 Å². The number of alkyl halides is 6. The molecular formula is C39H40F7N3O6. The summed E-state index contributed by atoms with van der Waals surface area (Å²) in [7, 11) is 1.53. The van der Waals surface area contributed by atoms with E-state index in [1.54, 1.807) is 0 Å². The van der Waals surface area contributed by atoms with E-state index in [9.17, 15) is 45.1 Å². The van der Waals surface area contributed by atoms with Crippen molar-refractivity contribution in [2.45, 2.75) is 61.6 Å². The third-order valence-electron chi connectivity index (χ3n) is 11.1. The zero-order chi connectivity index (χ0) is 39.8. The number of carboxylic acid groups (broad SMARTS) is 1. The second-order valence-electron chi connectivity index (χ2n) is 14.4. The molecule has 296 valence electrons. The largest absolute Gasteiger partial charge is 0.481 e. The molecule has 2 fully saturated rings. The molecule has 2 atom stereocenters. The average molecular weight is 780 g/mol. The van der Waals surface area contributed by atoms with E-state index >= 15 is 0 Å². The fourth-order valence-corrected chi connectivity index (χ4v) is 7.96. The molecule has 2 amide bonds. The van der Waals surface area contributed by atoms with E-state index in [2.05, 4.69) is 11.0 Å². The van der Waals surface area contributed by atoms with Gasteiger partial charge in [0, 0.05) is 31.1 Å². The molecule has 9 nitrogen and oxygen atoms in total. The highest BCUT2D eigenvalue weighted by atomic mass is 19.4. The number of amides is 2. The number of fused-ring (bicyclic) bond motifs is 2. The highest BCUT2D eigenvalue weighted by molar-refractivity contribution is 5.95. The number of ether oxygens (including phenoxy) is 2. The summed E-state index contributed by atoms with van der Waals surface area (Å²) in [5.41, 5.74) is -2.88. The summed E-state index contributed by atoms with van der Waals surface area (Å²) >= 11 is 0. The number of likely N-dealkylation sites (tertiary alicyclic amines) is 1. The van der Waals surface area contributed by atoms with Gasteiger partial charge >= 0.3 is 18.3 Å². The fraction of sp³-hybridized carbons (Fsp3) is 0.462. The first-order valence-corrected chi connectivity index (χ1v) is 17.8. The van der Waals surface area contributed by atoms with Crippen molar-refractivity contribution in [2.24, 2.45) is 0 Å². The molecule has 6 rings (SSSR count). The molecule has 0 bridgehead atoms. The van der Waals surface area contributed by atoms with Crippen LogP contribution in [0.3, 0.4) is 0 Å². The Morgan fingerprint density at radius 2 is 1.58 bits per heavy atom. The van der Waals surface area contributed by atoms with Crippen molar-refractivity contribution in [3.8, 4) is 0 Å². The van der Waals surface area contributed by atoms with Crippen LogP contribution in [0.2, 0.25) is 0 Å². The Bertz CT molecular complexity index is 1860. The number of rotatable bonds is 11. The molecule has 16 heteroatoms. The zero-order valence-corrected chi connectivity index (χ0v) is 29.9. The smallest absolute Gasteiger partial charge is 0.416 e. The number of halogens is 7. The number of piperidine rings is 1. The van der Waals surface area contributed by atoms with Crippen LogP contribution in [0, 0.1) is 5.82 Å². The molecule has 2 aliphatic heterocycles. The molecule has 1 aliphatic carbocycles. The second kappa shape index (κ2) is 15.5. The minimum Gasteiger partial charge on any atom is -0.481 e. The Morgan fingerprint density at radius 1 is 0.945 bits per heavy atom. The van der Waals surface area contributed by atoms with E-state index in [0.29, 0.717) is 56.6 Å². The first-order chi connectivity index (χ1) is 25.9. The molecule has 1 N–H and O–H groups in total. The maximum atomic E-state index is 14.0. The van der Waals surface area contributed by atoms with Gasteiger partial charge in [-0.3, -0.25) is 14.4 Å². The number of hydrogen-bond donors (Lipinski definition) is 1. The minimum atomic E-state index is -5.13. The second-order valence-corrected chi connectivity index (χ2v) is 14.4. The van der Waals surface area contributed by atoms with Gasteiger partial charge in [0.05, 0.1) is 30.2 Å². The van der Waals surface area contributed by atoms with E-state index < -0.39 is 64.5 Å². The van der Waals surface area contributed by atoms with Gasteiger partial charge in [-0.1, -0.05) is 36.4 Å². The van der Waals surface area contributed by atoms with Crippen LogP contribution in [0.1, 0.15) is 63.9 Å². The third-order valence-corrected chi connectivity index (χ3v) is 11.1. The molecular weight excluding hydrogens is 739 g/mol. The Kier molecular flexibility index (Phi) is 11.3. The number of nitrogens with zero attached hydrogens (tertiary/aromatic N) is 3. The first kappa shape index (κ1) is 40.1. The number of hydrogen-bond acceptors (Lipinski definition) is 6. The van der Waals surface area contributed by atoms with E-state index in [1.807, 2.05) is 18.2 Å². The lowest BCUT2D eigenvalue weighted by atomic mass is 9.72. The number of likely N-dealkylation sites (N-methyl/N-ethyl adjacent to an activating group) is 1. The van der Waals surface area contributed by atoms with Crippen molar-refractivity contribution in [1.29, 1.82) is 0 Å². The zero-order valence-electron chi connectivity index (χ0n) is 29.9. The van der Waals surface area contributed by atoms with Gasteiger partial charge in [-0.2, -0.15) is 26.3 Å². The SMILES string of the molecule is CN(CCC(=O)O)C(=O)CO[C@H]1Cc2ccccc2C12CCN(CC[C@]1(c3ccc(F)cc3)CN(C(=O)c3cc(C(F)(F)F)cc(C(F)(F)F)c3)CO1)CC2. The Labute approximate surface area is 312 Å². The molecule has 0 radical (unpaired) electrons. The highest BCUT2D eigenvalue weighted by Crippen LogP contribution is 2.48. The van der Waals surface area contributed by atoms with Crippen LogP contribution in [-0.2, 0) is 48.9 Å². The van der Waals surface area contributed by atoms with Gasteiger partial charge in [-0.25, -0.2) is 4.39 Å². The Balaban J connectivity index is 1.17. The number of benzene rings is 3. The summed E-state index contributed by atoms with van der Waals surface area (Å²) in [6.45, 7) is 0.868. The summed E-state index contributed by atoms with van der Waals surface area (Å²) in [5.74, 6) is -2.94. The Hall–Kier alpha value is -4.54. The topological polar surface area (TPSA) is 99.6 Å². The van der Waals surface area contributed by atoms with Crippen LogP contribution in [-0.4, -0.2) is 96.8 Å². The first-order valence-electron chi connectivity index (χ1n) is 17.8. The standard InChI is InChI=1S/C39H40F7N3O6/c1-47(14-10-34(51)52)33(50)22-54-32-20-25-4-2-3-5-31(25)36(32)11-15-48(16-12-36)17-13-37(27-6-8-30(40)9-7-27)23-49(24-55-37)35(53)26-18-28(38(41,42)43)21-29(19-26)39(44,45)46/h2-9,18-19,21,32H,10-17,20,22-24H2,1H3,(H,51,52)/t32-,37+/m0/s1. The lowest BCUT2D eigenvalue weighted by molar-refractivity contribution is -0.144. The average Bonchev–Trinajstić information content (AvgIpc) is 3.72. The predicted octanol–water partition coefficient (Wildman–Crippen LogP) is 6.49. The molecule has 0 aromatic heterocycles. The maximum absolute atomic E-state index is 14.0. The number of carbonyl (C=O) groups is 3. The van der Waals surface area contributed by atoms with Gasteiger partial charge in [0.25, 0.3) is 5.91 Å². The van der Waals surface area contributed by atoms with Crippen LogP contribution >= 0.6 is 0 Å². The summed E-state index contributed by atoms with van der Waals surface area (Å²) in [5, 5.41) is 8.98. The molecule has 2 heterocycles. The van der Waals surface area contributed by atoms with Gasteiger partial charge in [0.2, 0.25) is 5.91 Å². The van der Waals surface area contributed by atoms with Crippen LogP contribution in [0.5, 0.6) is 0 Å². The molecule has 55 heavy (non-hydrogen) atoms. The molecule has 3 aliphatic rings. The van der Waals surface area contributed by atoms with Crippen LogP contribution in [0.25, 0.3) is 0 Å². The maximum Gasteiger partial charge on any atom is 0.416 e. The molecule has 1 spiro atoms. The van der Waals surface area contributed by atoms with Crippen LogP contribution in [0.15, 0.2) is 66.7 Å². The summed E-state index contributed by atoms with van der Waals surface area (Å²) in [4.78, 5) is 41.9.